The van der Waals surface area contributed by atoms with Gasteiger partial charge < -0.3 is 16.2 Å². The molecule has 0 aliphatic rings. The SMILES string of the molecule is NC(Cc1ccc(O)cc1)C(=O)Nc1cccnc1Cl. The number of carbonyl (C=O) groups is 1. The summed E-state index contributed by atoms with van der Waals surface area (Å²) >= 11 is 5.86. The predicted molar refractivity (Wildman–Crippen MR) is 77.7 cm³/mol. The van der Waals surface area contributed by atoms with E-state index in [4.69, 9.17) is 17.3 Å². The largest absolute Gasteiger partial charge is 0.508 e. The Labute approximate surface area is 121 Å². The third-order valence-electron chi connectivity index (χ3n) is 2.75. The van der Waals surface area contributed by atoms with Crippen molar-refractivity contribution in [3.05, 3.63) is 53.3 Å². The summed E-state index contributed by atoms with van der Waals surface area (Å²) in [7, 11) is 0. The van der Waals surface area contributed by atoms with Crippen molar-refractivity contribution in [2.45, 2.75) is 12.5 Å². The van der Waals surface area contributed by atoms with Crippen molar-refractivity contribution in [2.75, 3.05) is 5.32 Å². The van der Waals surface area contributed by atoms with Crippen molar-refractivity contribution in [2.24, 2.45) is 5.73 Å². The number of pyridine rings is 1. The second-order valence-corrected chi connectivity index (χ2v) is 4.67. The zero-order valence-electron chi connectivity index (χ0n) is 10.6. The average Bonchev–Trinajstić information content (AvgIpc) is 2.44. The van der Waals surface area contributed by atoms with Crippen molar-refractivity contribution in [1.82, 2.24) is 4.98 Å². The van der Waals surface area contributed by atoms with E-state index in [-0.39, 0.29) is 16.8 Å². The smallest absolute Gasteiger partial charge is 0.241 e. The zero-order chi connectivity index (χ0) is 14.5. The number of hydrogen-bond acceptors (Lipinski definition) is 4. The normalized spacial score (nSPS) is 11.9. The van der Waals surface area contributed by atoms with E-state index >= 15 is 0 Å². The maximum Gasteiger partial charge on any atom is 0.241 e. The molecule has 0 saturated heterocycles. The van der Waals surface area contributed by atoms with Crippen LogP contribution in [0.25, 0.3) is 0 Å². The number of aromatic hydroxyl groups is 1. The first kappa shape index (κ1) is 14.3. The maximum atomic E-state index is 12.0. The number of hydrogen-bond donors (Lipinski definition) is 3. The second-order valence-electron chi connectivity index (χ2n) is 4.31. The third-order valence-corrected chi connectivity index (χ3v) is 3.05. The molecule has 0 spiro atoms. The van der Waals surface area contributed by atoms with Crippen LogP contribution in [0.4, 0.5) is 5.69 Å². The van der Waals surface area contributed by atoms with E-state index in [1.807, 2.05) is 0 Å². The van der Waals surface area contributed by atoms with Crippen LogP contribution in [0.3, 0.4) is 0 Å². The molecule has 0 fully saturated rings. The van der Waals surface area contributed by atoms with E-state index in [0.29, 0.717) is 12.1 Å². The lowest BCUT2D eigenvalue weighted by atomic mass is 10.1. The topological polar surface area (TPSA) is 88.2 Å². The highest BCUT2D eigenvalue weighted by molar-refractivity contribution is 6.32. The van der Waals surface area contributed by atoms with Crippen LogP contribution in [0, 0.1) is 0 Å². The fourth-order valence-electron chi connectivity index (χ4n) is 1.68. The molecule has 6 heteroatoms. The summed E-state index contributed by atoms with van der Waals surface area (Å²) in [6.45, 7) is 0. The van der Waals surface area contributed by atoms with Crippen molar-refractivity contribution in [3.8, 4) is 5.75 Å². The first-order valence-corrected chi connectivity index (χ1v) is 6.39. The molecule has 0 saturated carbocycles. The Kier molecular flexibility index (Phi) is 4.55. The summed E-state index contributed by atoms with van der Waals surface area (Å²) in [5.41, 5.74) is 7.14. The zero-order valence-corrected chi connectivity index (χ0v) is 11.3. The van der Waals surface area contributed by atoms with Crippen LogP contribution < -0.4 is 11.1 Å². The highest BCUT2D eigenvalue weighted by Gasteiger charge is 2.15. The Balaban J connectivity index is 1.99. The van der Waals surface area contributed by atoms with E-state index in [1.54, 1.807) is 36.4 Å². The number of amides is 1. The Morgan fingerprint density at radius 2 is 2.05 bits per heavy atom. The van der Waals surface area contributed by atoms with Crippen molar-refractivity contribution in [3.63, 3.8) is 0 Å². The van der Waals surface area contributed by atoms with Gasteiger partial charge in [0.2, 0.25) is 5.91 Å². The number of anilines is 1. The van der Waals surface area contributed by atoms with E-state index in [0.717, 1.165) is 5.56 Å². The predicted octanol–water partition coefficient (Wildman–Crippen LogP) is 1.95. The molecule has 0 radical (unpaired) electrons. The van der Waals surface area contributed by atoms with Crippen LogP contribution in [0.1, 0.15) is 5.56 Å². The molecule has 1 atom stereocenters. The number of phenolic OH excluding ortho intramolecular Hbond substituents is 1. The van der Waals surface area contributed by atoms with Crippen LogP contribution in [-0.4, -0.2) is 22.0 Å². The van der Waals surface area contributed by atoms with Gasteiger partial charge in [-0.25, -0.2) is 4.98 Å². The molecule has 1 aromatic carbocycles. The lowest BCUT2D eigenvalue weighted by Crippen LogP contribution is -2.37. The summed E-state index contributed by atoms with van der Waals surface area (Å²) in [5.74, 6) is -0.165. The number of nitrogens with zero attached hydrogens (tertiary/aromatic N) is 1. The molecule has 104 valence electrons. The lowest BCUT2D eigenvalue weighted by Gasteiger charge is -2.13. The fraction of sp³-hybridized carbons (Fsp3) is 0.143. The Morgan fingerprint density at radius 1 is 1.35 bits per heavy atom. The van der Waals surface area contributed by atoms with Gasteiger partial charge >= 0.3 is 0 Å². The molecule has 1 amide bonds. The van der Waals surface area contributed by atoms with Gasteiger partial charge in [0.15, 0.2) is 5.15 Å². The molecule has 0 aliphatic heterocycles. The Hall–Kier alpha value is -2.11. The molecule has 1 aromatic heterocycles. The molecule has 2 rings (SSSR count). The van der Waals surface area contributed by atoms with Crippen molar-refractivity contribution >= 4 is 23.2 Å². The van der Waals surface area contributed by atoms with Gasteiger partial charge in [-0.15, -0.1) is 0 Å². The second kappa shape index (κ2) is 6.36. The highest BCUT2D eigenvalue weighted by atomic mass is 35.5. The van der Waals surface area contributed by atoms with E-state index in [9.17, 15) is 9.90 Å². The Morgan fingerprint density at radius 3 is 2.70 bits per heavy atom. The highest BCUT2D eigenvalue weighted by Crippen LogP contribution is 2.18. The van der Waals surface area contributed by atoms with Gasteiger partial charge in [0, 0.05) is 6.20 Å². The van der Waals surface area contributed by atoms with Crippen molar-refractivity contribution in [1.29, 1.82) is 0 Å². The number of halogens is 1. The van der Waals surface area contributed by atoms with E-state index < -0.39 is 6.04 Å². The quantitative estimate of drug-likeness (QED) is 0.751. The number of carbonyl (C=O) groups excluding carboxylic acids is 1. The number of nitrogens with one attached hydrogen (secondary N) is 1. The van der Waals surface area contributed by atoms with Gasteiger partial charge in [0.05, 0.1) is 11.7 Å². The van der Waals surface area contributed by atoms with Crippen LogP contribution in [0.5, 0.6) is 5.75 Å². The summed E-state index contributed by atoms with van der Waals surface area (Å²) in [5, 5.41) is 12.0. The molecule has 4 N–H and O–H groups in total. The molecule has 2 aromatic rings. The van der Waals surface area contributed by atoms with E-state index in [1.165, 1.54) is 6.20 Å². The fourth-order valence-corrected chi connectivity index (χ4v) is 1.85. The number of rotatable bonds is 4. The van der Waals surface area contributed by atoms with Gasteiger partial charge in [0.1, 0.15) is 5.75 Å². The standard InChI is InChI=1S/C14H14ClN3O2/c15-13-12(2-1-7-17-13)18-14(20)11(16)8-9-3-5-10(19)6-4-9/h1-7,11,19H,8,16H2,(H,18,20). The number of nitrogens with two attached hydrogens (primary N) is 1. The third kappa shape index (κ3) is 3.69. The van der Waals surface area contributed by atoms with Gasteiger partial charge in [-0.1, -0.05) is 23.7 Å². The van der Waals surface area contributed by atoms with Crippen LogP contribution in [-0.2, 0) is 11.2 Å². The summed E-state index contributed by atoms with van der Waals surface area (Å²) in [6, 6.07) is 9.17. The van der Waals surface area contributed by atoms with Crippen LogP contribution in [0.2, 0.25) is 5.15 Å². The molecular formula is C14H14ClN3O2. The van der Waals surface area contributed by atoms with Crippen molar-refractivity contribution < 1.29 is 9.90 Å². The summed E-state index contributed by atoms with van der Waals surface area (Å²) < 4.78 is 0. The summed E-state index contributed by atoms with van der Waals surface area (Å²) in [6.07, 6.45) is 1.90. The van der Waals surface area contributed by atoms with Gasteiger partial charge in [-0.05, 0) is 36.2 Å². The van der Waals surface area contributed by atoms with E-state index in [2.05, 4.69) is 10.3 Å². The molecule has 0 bridgehead atoms. The van der Waals surface area contributed by atoms with Gasteiger partial charge in [-0.3, -0.25) is 4.79 Å². The van der Waals surface area contributed by atoms with Gasteiger partial charge in [0.25, 0.3) is 0 Å². The minimum absolute atomic E-state index is 0.175. The van der Waals surface area contributed by atoms with Crippen LogP contribution in [0.15, 0.2) is 42.6 Å². The molecule has 1 unspecified atom stereocenters. The molecule has 5 nitrogen and oxygen atoms in total. The monoisotopic (exact) mass is 291 g/mol. The minimum atomic E-state index is -0.712. The maximum absolute atomic E-state index is 12.0. The Bertz CT molecular complexity index is 602. The van der Waals surface area contributed by atoms with Gasteiger partial charge in [-0.2, -0.15) is 0 Å². The number of phenols is 1. The first-order valence-electron chi connectivity index (χ1n) is 6.01. The summed E-state index contributed by atoms with van der Waals surface area (Å²) in [4.78, 5) is 15.8. The lowest BCUT2D eigenvalue weighted by molar-refractivity contribution is -0.117. The first-order chi connectivity index (χ1) is 9.56. The molecule has 0 aliphatic carbocycles. The minimum Gasteiger partial charge on any atom is -0.508 e. The molecule has 1 heterocycles. The van der Waals surface area contributed by atoms with Crippen LogP contribution >= 0.6 is 11.6 Å². The number of benzene rings is 1. The average molecular weight is 292 g/mol. The molecule has 20 heavy (non-hydrogen) atoms. The number of aromatic nitrogens is 1. The molecular weight excluding hydrogens is 278 g/mol.